The van der Waals surface area contributed by atoms with E-state index >= 15 is 0 Å². The van der Waals surface area contributed by atoms with Crippen molar-refractivity contribution >= 4 is 56.6 Å². The summed E-state index contributed by atoms with van der Waals surface area (Å²) in [7, 11) is -4.02. The second-order valence-corrected chi connectivity index (χ2v) is 10.0. The fourth-order valence-corrected chi connectivity index (χ4v) is 4.33. The molecule has 2 rings (SSSR count). The van der Waals surface area contributed by atoms with E-state index in [0.29, 0.717) is 21.1 Å². The summed E-state index contributed by atoms with van der Waals surface area (Å²) in [5, 5.41) is 2.59. The molecule has 2 aromatic rings. The van der Waals surface area contributed by atoms with Crippen LogP contribution >= 0.6 is 35.0 Å². The van der Waals surface area contributed by atoms with Crippen LogP contribution in [-0.4, -0.2) is 39.4 Å². The SMILES string of the molecule is CS(=O)(=O)N(CC(=O)NCCSc1ccc(Cl)cc1)c1ccc(Cl)c(C(F)(F)F)c1. The summed E-state index contributed by atoms with van der Waals surface area (Å²) in [5.74, 6) is -0.147. The van der Waals surface area contributed by atoms with Crippen LogP contribution in [0.5, 0.6) is 0 Å². The topological polar surface area (TPSA) is 66.5 Å². The minimum atomic E-state index is -4.77. The van der Waals surface area contributed by atoms with E-state index in [1.54, 1.807) is 12.1 Å². The number of halogens is 5. The molecule has 1 N–H and O–H groups in total. The van der Waals surface area contributed by atoms with Gasteiger partial charge in [-0.15, -0.1) is 11.8 Å². The molecule has 0 saturated heterocycles. The first-order valence-corrected chi connectivity index (χ1v) is 12.0. The Balaban J connectivity index is 2.03. The number of hydrogen-bond acceptors (Lipinski definition) is 4. The molecule has 0 spiro atoms. The third-order valence-corrected chi connectivity index (χ3v) is 6.47. The number of anilines is 1. The van der Waals surface area contributed by atoms with Crippen LogP contribution in [0.25, 0.3) is 0 Å². The van der Waals surface area contributed by atoms with Crippen molar-refractivity contribution in [3.8, 4) is 0 Å². The molecule has 0 saturated carbocycles. The van der Waals surface area contributed by atoms with Crippen molar-refractivity contribution in [1.29, 1.82) is 0 Å². The van der Waals surface area contributed by atoms with E-state index in [0.717, 1.165) is 23.3 Å². The molecule has 30 heavy (non-hydrogen) atoms. The second kappa shape index (κ2) is 10.1. The number of nitrogens with zero attached hydrogens (tertiary/aromatic N) is 1. The molecule has 0 fully saturated rings. The third kappa shape index (κ3) is 7.26. The lowest BCUT2D eigenvalue weighted by Gasteiger charge is -2.23. The summed E-state index contributed by atoms with van der Waals surface area (Å²) in [4.78, 5) is 13.1. The average molecular weight is 501 g/mol. The summed E-state index contributed by atoms with van der Waals surface area (Å²) in [6.07, 6.45) is -3.96. The van der Waals surface area contributed by atoms with Gasteiger partial charge in [0.2, 0.25) is 15.9 Å². The Morgan fingerprint density at radius 3 is 2.33 bits per heavy atom. The van der Waals surface area contributed by atoms with Crippen LogP contribution in [0.15, 0.2) is 47.4 Å². The van der Waals surface area contributed by atoms with Crippen LogP contribution in [0.1, 0.15) is 5.56 Å². The highest BCUT2D eigenvalue weighted by molar-refractivity contribution is 7.99. The number of alkyl halides is 3. The van der Waals surface area contributed by atoms with Gasteiger partial charge in [0.1, 0.15) is 6.54 Å². The standard InChI is InChI=1S/C18H17Cl2F3N2O3S2/c1-30(27,28)25(13-4-7-16(20)15(10-13)18(21,22)23)11-17(26)24-8-9-29-14-5-2-12(19)3-6-14/h2-7,10H,8-9,11H2,1H3,(H,24,26). The maximum Gasteiger partial charge on any atom is 0.417 e. The number of carbonyl (C=O) groups excluding carboxylic acids is 1. The quantitative estimate of drug-likeness (QED) is 0.421. The fraction of sp³-hybridized carbons (Fsp3) is 0.278. The van der Waals surface area contributed by atoms with Crippen molar-refractivity contribution in [3.05, 3.63) is 58.1 Å². The summed E-state index contributed by atoms with van der Waals surface area (Å²) in [6, 6.07) is 9.76. The monoisotopic (exact) mass is 500 g/mol. The predicted octanol–water partition coefficient (Wildman–Crippen LogP) is 4.69. The number of benzene rings is 2. The number of carbonyl (C=O) groups is 1. The first-order valence-electron chi connectivity index (χ1n) is 8.37. The van der Waals surface area contributed by atoms with Crippen molar-refractivity contribution in [3.63, 3.8) is 0 Å². The summed E-state index contributed by atoms with van der Waals surface area (Å²) >= 11 is 12.8. The zero-order valence-corrected chi connectivity index (χ0v) is 18.7. The molecule has 0 radical (unpaired) electrons. The molecule has 0 aromatic heterocycles. The van der Waals surface area contributed by atoms with Gasteiger partial charge in [0, 0.05) is 22.2 Å². The predicted molar refractivity (Wildman–Crippen MR) is 114 cm³/mol. The fourth-order valence-electron chi connectivity index (χ4n) is 2.36. The Morgan fingerprint density at radius 2 is 1.77 bits per heavy atom. The van der Waals surface area contributed by atoms with Crippen LogP contribution in [0.2, 0.25) is 10.0 Å². The molecule has 164 valence electrons. The van der Waals surface area contributed by atoms with E-state index in [2.05, 4.69) is 5.32 Å². The number of nitrogens with one attached hydrogen (secondary N) is 1. The highest BCUT2D eigenvalue weighted by atomic mass is 35.5. The highest BCUT2D eigenvalue weighted by Gasteiger charge is 2.34. The Kier molecular flexibility index (Phi) is 8.32. The molecule has 1 amide bonds. The summed E-state index contributed by atoms with van der Waals surface area (Å²) in [5.41, 5.74) is -1.49. The molecule has 2 aromatic carbocycles. The van der Waals surface area contributed by atoms with E-state index in [4.69, 9.17) is 23.2 Å². The average Bonchev–Trinajstić information content (AvgIpc) is 2.63. The van der Waals surface area contributed by atoms with E-state index in [9.17, 15) is 26.4 Å². The molecule has 0 unspecified atom stereocenters. The molecule has 0 aliphatic heterocycles. The van der Waals surface area contributed by atoms with Gasteiger partial charge in [-0.3, -0.25) is 9.10 Å². The number of rotatable bonds is 8. The smallest absolute Gasteiger partial charge is 0.354 e. The zero-order valence-electron chi connectivity index (χ0n) is 15.5. The molecule has 5 nitrogen and oxygen atoms in total. The summed E-state index contributed by atoms with van der Waals surface area (Å²) < 4.78 is 64.0. The molecule has 0 heterocycles. The Bertz CT molecular complexity index is 1000. The lowest BCUT2D eigenvalue weighted by molar-refractivity contribution is -0.137. The molecular weight excluding hydrogens is 484 g/mol. The molecular formula is C18H17Cl2F3N2O3S2. The molecule has 0 bridgehead atoms. The van der Waals surface area contributed by atoms with Crippen LogP contribution in [-0.2, 0) is 21.0 Å². The van der Waals surface area contributed by atoms with Gasteiger partial charge in [0.05, 0.1) is 22.5 Å². The Hall–Kier alpha value is -1.62. The van der Waals surface area contributed by atoms with Gasteiger partial charge in [-0.05, 0) is 42.5 Å². The second-order valence-electron chi connectivity index (χ2n) is 6.08. The maximum absolute atomic E-state index is 13.1. The Morgan fingerprint density at radius 1 is 1.13 bits per heavy atom. The van der Waals surface area contributed by atoms with Crippen LogP contribution in [0, 0.1) is 0 Å². The molecule has 12 heteroatoms. The number of thioether (sulfide) groups is 1. The van der Waals surface area contributed by atoms with Crippen molar-refractivity contribution < 1.29 is 26.4 Å². The first-order chi connectivity index (χ1) is 13.9. The van der Waals surface area contributed by atoms with Gasteiger partial charge < -0.3 is 5.32 Å². The lowest BCUT2D eigenvalue weighted by Crippen LogP contribution is -2.41. The van der Waals surface area contributed by atoms with Gasteiger partial charge in [-0.25, -0.2) is 8.42 Å². The van der Waals surface area contributed by atoms with Gasteiger partial charge in [-0.2, -0.15) is 13.2 Å². The third-order valence-electron chi connectivity index (χ3n) is 3.74. The van der Waals surface area contributed by atoms with Crippen molar-refractivity contribution in [2.45, 2.75) is 11.1 Å². The van der Waals surface area contributed by atoms with E-state index in [1.807, 2.05) is 12.1 Å². The zero-order chi connectivity index (χ0) is 22.5. The molecule has 0 aliphatic rings. The van der Waals surface area contributed by atoms with E-state index < -0.39 is 39.2 Å². The Labute approximate surface area is 186 Å². The summed E-state index contributed by atoms with van der Waals surface area (Å²) in [6.45, 7) is -0.429. The first kappa shape index (κ1) is 24.6. The number of amides is 1. The van der Waals surface area contributed by atoms with Gasteiger partial charge in [0.15, 0.2) is 0 Å². The maximum atomic E-state index is 13.1. The van der Waals surface area contributed by atoms with Crippen molar-refractivity contribution in [1.82, 2.24) is 5.32 Å². The van der Waals surface area contributed by atoms with Gasteiger partial charge in [0.25, 0.3) is 0 Å². The molecule has 0 atom stereocenters. The van der Waals surface area contributed by atoms with Gasteiger partial charge in [-0.1, -0.05) is 23.2 Å². The highest BCUT2D eigenvalue weighted by Crippen LogP contribution is 2.37. The lowest BCUT2D eigenvalue weighted by atomic mass is 10.2. The van der Waals surface area contributed by atoms with Crippen LogP contribution in [0.3, 0.4) is 0 Å². The number of hydrogen-bond donors (Lipinski definition) is 1. The normalized spacial score (nSPS) is 11.9. The van der Waals surface area contributed by atoms with E-state index in [-0.39, 0.29) is 12.2 Å². The number of sulfonamides is 1. The van der Waals surface area contributed by atoms with Crippen molar-refractivity contribution in [2.24, 2.45) is 0 Å². The largest absolute Gasteiger partial charge is 0.417 e. The van der Waals surface area contributed by atoms with Crippen LogP contribution in [0.4, 0.5) is 18.9 Å². The minimum absolute atomic E-state index is 0.234. The minimum Gasteiger partial charge on any atom is -0.354 e. The van der Waals surface area contributed by atoms with Crippen molar-refractivity contribution in [2.75, 3.05) is 29.4 Å². The molecule has 0 aliphatic carbocycles. The van der Waals surface area contributed by atoms with Gasteiger partial charge >= 0.3 is 6.18 Å². The van der Waals surface area contributed by atoms with E-state index in [1.165, 1.54) is 11.8 Å². The van der Waals surface area contributed by atoms with Crippen LogP contribution < -0.4 is 9.62 Å².